The van der Waals surface area contributed by atoms with Crippen molar-refractivity contribution in [3.8, 4) is 0 Å². The zero-order valence-corrected chi connectivity index (χ0v) is 13.9. The highest BCUT2D eigenvalue weighted by Crippen LogP contribution is 2.28. The lowest BCUT2D eigenvalue weighted by Crippen LogP contribution is -2.47. The smallest absolute Gasteiger partial charge is 0.195 e. The van der Waals surface area contributed by atoms with Gasteiger partial charge in [-0.05, 0) is 13.5 Å². The second-order valence-corrected chi connectivity index (χ2v) is 8.48. The van der Waals surface area contributed by atoms with E-state index in [-0.39, 0.29) is 17.5 Å². The Kier molecular flexibility index (Phi) is 3.94. The van der Waals surface area contributed by atoms with Gasteiger partial charge in [0.25, 0.3) is 0 Å². The molecule has 1 atom stereocenters. The Morgan fingerprint density at radius 2 is 2.33 bits per heavy atom. The Balaban J connectivity index is 1.97. The summed E-state index contributed by atoms with van der Waals surface area (Å²) in [5.41, 5.74) is 1.11. The Labute approximate surface area is 128 Å². The minimum atomic E-state index is -2.91. The number of hydrogen-bond acceptors (Lipinski definition) is 6. The lowest BCUT2D eigenvalue weighted by molar-refractivity contribution is 0.565. The van der Waals surface area contributed by atoms with Crippen molar-refractivity contribution in [1.29, 1.82) is 0 Å². The molecule has 3 heterocycles. The molecular formula is C13H20N4O2S2. The molecule has 1 fully saturated rings. The summed E-state index contributed by atoms with van der Waals surface area (Å²) in [6.07, 6.45) is 2.02. The van der Waals surface area contributed by atoms with E-state index in [9.17, 15) is 8.42 Å². The summed E-state index contributed by atoms with van der Waals surface area (Å²) >= 11 is 1.60. The van der Waals surface area contributed by atoms with Gasteiger partial charge in [-0.15, -0.1) is 11.3 Å². The molecule has 3 rings (SSSR count). The van der Waals surface area contributed by atoms with Gasteiger partial charge in [-0.2, -0.15) is 0 Å². The van der Waals surface area contributed by atoms with E-state index in [0.29, 0.717) is 6.54 Å². The predicted molar refractivity (Wildman–Crippen MR) is 85.9 cm³/mol. The van der Waals surface area contributed by atoms with Gasteiger partial charge < -0.3 is 10.2 Å². The fraction of sp³-hybridized carbons (Fsp3) is 0.615. The molecule has 2 aromatic heterocycles. The van der Waals surface area contributed by atoms with Gasteiger partial charge >= 0.3 is 0 Å². The van der Waals surface area contributed by atoms with Crippen molar-refractivity contribution in [2.24, 2.45) is 0 Å². The van der Waals surface area contributed by atoms with Crippen molar-refractivity contribution in [2.45, 2.75) is 26.4 Å². The van der Waals surface area contributed by atoms with E-state index in [1.54, 1.807) is 11.3 Å². The van der Waals surface area contributed by atoms with E-state index in [0.717, 1.165) is 29.6 Å². The summed E-state index contributed by atoms with van der Waals surface area (Å²) in [5, 5.41) is 5.36. The van der Waals surface area contributed by atoms with Crippen LogP contribution in [0, 0.1) is 0 Å². The number of anilines is 1. The van der Waals surface area contributed by atoms with Crippen LogP contribution in [0.2, 0.25) is 0 Å². The molecule has 6 nitrogen and oxygen atoms in total. The number of nitrogens with one attached hydrogen (secondary N) is 1. The Morgan fingerprint density at radius 1 is 1.52 bits per heavy atom. The summed E-state index contributed by atoms with van der Waals surface area (Å²) in [4.78, 5) is 7.81. The molecule has 0 aromatic carbocycles. The van der Waals surface area contributed by atoms with Gasteiger partial charge in [0.1, 0.15) is 0 Å². The first-order valence-electron chi connectivity index (χ1n) is 7.14. The number of aromatic nitrogens is 2. The van der Waals surface area contributed by atoms with Gasteiger partial charge in [-0.25, -0.2) is 13.4 Å². The van der Waals surface area contributed by atoms with Gasteiger partial charge in [0, 0.05) is 30.7 Å². The van der Waals surface area contributed by atoms with Crippen LogP contribution in [0.15, 0.2) is 11.6 Å². The molecule has 116 valence electrons. The van der Waals surface area contributed by atoms with Crippen molar-refractivity contribution in [3.05, 3.63) is 17.3 Å². The summed E-state index contributed by atoms with van der Waals surface area (Å²) in [7, 11) is -2.91. The quantitative estimate of drug-likeness (QED) is 0.911. The number of hydrogen-bond donors (Lipinski definition) is 1. The molecule has 1 saturated heterocycles. The molecule has 0 amide bonds. The number of sulfone groups is 1. The Bertz CT molecular complexity index is 735. The zero-order chi connectivity index (χ0) is 15.0. The number of rotatable bonds is 4. The Morgan fingerprint density at radius 3 is 3.05 bits per heavy atom. The second kappa shape index (κ2) is 5.58. The molecule has 1 aliphatic heterocycles. The molecule has 0 bridgehead atoms. The van der Waals surface area contributed by atoms with Crippen molar-refractivity contribution in [3.63, 3.8) is 0 Å². The lowest BCUT2D eigenvalue weighted by atomic mass is 10.2. The van der Waals surface area contributed by atoms with E-state index in [2.05, 4.69) is 21.5 Å². The fourth-order valence-corrected chi connectivity index (χ4v) is 5.06. The molecular weight excluding hydrogens is 308 g/mol. The van der Waals surface area contributed by atoms with Crippen LogP contribution >= 0.6 is 11.3 Å². The van der Waals surface area contributed by atoms with E-state index in [1.807, 2.05) is 18.5 Å². The number of thiazole rings is 1. The fourth-order valence-electron chi connectivity index (χ4n) is 2.77. The number of fused-ring (bicyclic) bond motifs is 1. The van der Waals surface area contributed by atoms with Gasteiger partial charge in [0.05, 0.1) is 17.2 Å². The van der Waals surface area contributed by atoms with Crippen LogP contribution < -0.4 is 10.2 Å². The second-order valence-electron chi connectivity index (χ2n) is 5.37. The number of imidazole rings is 1. The predicted octanol–water partition coefficient (Wildman–Crippen LogP) is 1.13. The minimum absolute atomic E-state index is 0.0336. The highest BCUT2D eigenvalue weighted by molar-refractivity contribution is 7.91. The normalized spacial score (nSPS) is 22.0. The van der Waals surface area contributed by atoms with Crippen LogP contribution in [-0.2, 0) is 16.4 Å². The third-order valence-corrected chi connectivity index (χ3v) is 6.38. The summed E-state index contributed by atoms with van der Waals surface area (Å²) in [6.45, 7) is 6.18. The molecule has 0 saturated carbocycles. The zero-order valence-electron chi connectivity index (χ0n) is 12.2. The maximum Gasteiger partial charge on any atom is 0.195 e. The lowest BCUT2D eigenvalue weighted by Gasteiger charge is -2.34. The van der Waals surface area contributed by atoms with Crippen LogP contribution in [0.4, 0.5) is 5.82 Å². The molecule has 1 unspecified atom stereocenters. The summed E-state index contributed by atoms with van der Waals surface area (Å²) in [5.74, 6) is 1.34. The van der Waals surface area contributed by atoms with Crippen LogP contribution in [0.5, 0.6) is 0 Å². The van der Waals surface area contributed by atoms with Crippen molar-refractivity contribution in [2.75, 3.05) is 29.5 Å². The van der Waals surface area contributed by atoms with E-state index in [4.69, 9.17) is 4.98 Å². The van der Waals surface area contributed by atoms with E-state index >= 15 is 0 Å². The third kappa shape index (κ3) is 2.79. The average Bonchev–Trinajstić information content (AvgIpc) is 2.96. The summed E-state index contributed by atoms with van der Waals surface area (Å²) in [6, 6.07) is -0.0336. The first-order valence-corrected chi connectivity index (χ1v) is 9.84. The molecule has 0 aliphatic carbocycles. The molecule has 1 N–H and O–H groups in total. The van der Waals surface area contributed by atoms with Crippen LogP contribution in [-0.4, -0.2) is 48.4 Å². The maximum atomic E-state index is 11.8. The van der Waals surface area contributed by atoms with Gasteiger partial charge in [0.2, 0.25) is 0 Å². The minimum Gasteiger partial charge on any atom is -0.350 e. The SMILES string of the molecule is CCNCc1c(N2CCS(=O)(=O)CC2C)nc2sccn12. The van der Waals surface area contributed by atoms with Crippen molar-refractivity contribution >= 4 is 32.0 Å². The van der Waals surface area contributed by atoms with Gasteiger partial charge in [-0.1, -0.05) is 6.92 Å². The van der Waals surface area contributed by atoms with Crippen LogP contribution in [0.3, 0.4) is 0 Å². The highest BCUT2D eigenvalue weighted by Gasteiger charge is 2.31. The van der Waals surface area contributed by atoms with Gasteiger partial charge in [0.15, 0.2) is 20.6 Å². The number of nitrogens with zero attached hydrogens (tertiary/aromatic N) is 3. The Hall–Kier alpha value is -1.12. The molecule has 0 spiro atoms. The molecule has 8 heteroatoms. The van der Waals surface area contributed by atoms with Crippen LogP contribution in [0.25, 0.3) is 4.96 Å². The highest BCUT2D eigenvalue weighted by atomic mass is 32.2. The van der Waals surface area contributed by atoms with E-state index < -0.39 is 9.84 Å². The first-order chi connectivity index (χ1) is 10.0. The summed E-state index contributed by atoms with van der Waals surface area (Å²) < 4.78 is 25.6. The first kappa shape index (κ1) is 14.8. The standard InChI is InChI=1S/C13H20N4O2S2/c1-3-14-8-11-12(15-13-17(11)4-6-20-13)16-5-7-21(18,19)9-10(16)2/h4,6,10,14H,3,5,7-9H2,1-2H3. The van der Waals surface area contributed by atoms with Crippen LogP contribution in [0.1, 0.15) is 19.5 Å². The van der Waals surface area contributed by atoms with Crippen molar-refractivity contribution in [1.82, 2.24) is 14.7 Å². The monoisotopic (exact) mass is 328 g/mol. The largest absolute Gasteiger partial charge is 0.350 e. The molecule has 2 aromatic rings. The van der Waals surface area contributed by atoms with E-state index in [1.165, 1.54) is 0 Å². The molecule has 1 aliphatic rings. The third-order valence-electron chi connectivity index (χ3n) is 3.82. The molecule has 0 radical (unpaired) electrons. The maximum absolute atomic E-state index is 11.8. The topological polar surface area (TPSA) is 66.7 Å². The van der Waals surface area contributed by atoms with Crippen molar-refractivity contribution < 1.29 is 8.42 Å². The van der Waals surface area contributed by atoms with Gasteiger partial charge in [-0.3, -0.25) is 4.40 Å². The molecule has 21 heavy (non-hydrogen) atoms. The average molecular weight is 328 g/mol.